The van der Waals surface area contributed by atoms with Crippen molar-refractivity contribution in [3.63, 3.8) is 0 Å². The maximum atomic E-state index is 13.3. The standard InChI is InChI=1S/C18H22N2O3S/c21-15-14-20(16-8-2-1-3-9-16)24(22,23)18-11-5-4-10-17(18)19-12-6-7-13-19/h1-5,8-11,21H,6-7,12-15H2. The van der Waals surface area contributed by atoms with E-state index in [1.54, 1.807) is 36.4 Å². The van der Waals surface area contributed by atoms with E-state index in [4.69, 9.17) is 0 Å². The van der Waals surface area contributed by atoms with Crippen LogP contribution in [0.25, 0.3) is 0 Å². The lowest BCUT2D eigenvalue weighted by molar-refractivity contribution is 0.306. The molecular formula is C18H22N2O3S. The maximum absolute atomic E-state index is 13.3. The van der Waals surface area contributed by atoms with Crippen LogP contribution in [-0.4, -0.2) is 39.8 Å². The summed E-state index contributed by atoms with van der Waals surface area (Å²) in [7, 11) is -3.75. The van der Waals surface area contributed by atoms with Crippen LogP contribution < -0.4 is 9.21 Å². The van der Waals surface area contributed by atoms with Crippen LogP contribution in [-0.2, 0) is 10.0 Å². The van der Waals surface area contributed by atoms with E-state index in [9.17, 15) is 13.5 Å². The first-order valence-electron chi connectivity index (χ1n) is 8.17. The molecule has 1 heterocycles. The van der Waals surface area contributed by atoms with Crippen molar-refractivity contribution in [2.45, 2.75) is 17.7 Å². The van der Waals surface area contributed by atoms with Gasteiger partial charge in [-0.3, -0.25) is 4.31 Å². The summed E-state index contributed by atoms with van der Waals surface area (Å²) in [5, 5.41) is 9.37. The van der Waals surface area contributed by atoms with Gasteiger partial charge in [0.15, 0.2) is 0 Å². The highest BCUT2D eigenvalue weighted by molar-refractivity contribution is 7.93. The second kappa shape index (κ2) is 7.23. The zero-order valence-electron chi connectivity index (χ0n) is 13.5. The molecule has 0 amide bonds. The monoisotopic (exact) mass is 346 g/mol. The predicted octanol–water partition coefficient (Wildman–Crippen LogP) is 2.47. The van der Waals surface area contributed by atoms with Gasteiger partial charge in [-0.2, -0.15) is 0 Å². The Morgan fingerprint density at radius 2 is 1.58 bits per heavy atom. The Bertz CT molecular complexity index is 772. The fourth-order valence-electron chi connectivity index (χ4n) is 3.09. The van der Waals surface area contributed by atoms with Crippen molar-refractivity contribution in [3.8, 4) is 0 Å². The normalized spacial score (nSPS) is 14.8. The molecule has 24 heavy (non-hydrogen) atoms. The van der Waals surface area contributed by atoms with Gasteiger partial charge in [0.1, 0.15) is 4.90 Å². The lowest BCUT2D eigenvalue weighted by atomic mass is 10.3. The lowest BCUT2D eigenvalue weighted by Gasteiger charge is -2.27. The third kappa shape index (κ3) is 3.25. The number of aliphatic hydroxyl groups is 1. The second-order valence-electron chi connectivity index (χ2n) is 5.80. The van der Waals surface area contributed by atoms with E-state index in [1.165, 1.54) is 4.31 Å². The summed E-state index contributed by atoms with van der Waals surface area (Å²) in [5.41, 5.74) is 1.30. The Balaban J connectivity index is 2.06. The van der Waals surface area contributed by atoms with Crippen molar-refractivity contribution in [1.82, 2.24) is 0 Å². The van der Waals surface area contributed by atoms with E-state index < -0.39 is 10.0 Å². The molecule has 0 unspecified atom stereocenters. The highest BCUT2D eigenvalue weighted by Crippen LogP contribution is 2.32. The minimum absolute atomic E-state index is 0.0285. The molecule has 0 saturated carbocycles. The molecule has 0 atom stereocenters. The average molecular weight is 346 g/mol. The van der Waals surface area contributed by atoms with E-state index in [0.29, 0.717) is 10.6 Å². The van der Waals surface area contributed by atoms with Gasteiger partial charge in [0, 0.05) is 13.1 Å². The quantitative estimate of drug-likeness (QED) is 0.873. The van der Waals surface area contributed by atoms with Crippen LogP contribution >= 0.6 is 0 Å². The van der Waals surface area contributed by atoms with Gasteiger partial charge in [0.2, 0.25) is 0 Å². The van der Waals surface area contributed by atoms with Gasteiger partial charge in [-0.15, -0.1) is 0 Å². The molecule has 2 aromatic carbocycles. The summed E-state index contributed by atoms with van der Waals surface area (Å²) >= 11 is 0. The molecule has 0 bridgehead atoms. The van der Waals surface area contributed by atoms with E-state index in [2.05, 4.69) is 4.90 Å². The Morgan fingerprint density at radius 1 is 0.958 bits per heavy atom. The highest BCUT2D eigenvalue weighted by atomic mass is 32.2. The first-order valence-corrected chi connectivity index (χ1v) is 9.61. The third-order valence-corrected chi connectivity index (χ3v) is 6.10. The van der Waals surface area contributed by atoms with Gasteiger partial charge in [-0.05, 0) is 37.1 Å². The molecular weight excluding hydrogens is 324 g/mol. The van der Waals surface area contributed by atoms with Gasteiger partial charge in [-0.1, -0.05) is 30.3 Å². The Kier molecular flexibility index (Phi) is 5.06. The second-order valence-corrected chi connectivity index (χ2v) is 7.63. The Morgan fingerprint density at radius 3 is 2.25 bits per heavy atom. The van der Waals surface area contributed by atoms with Crippen LogP contribution in [0.15, 0.2) is 59.5 Å². The number of hydrogen-bond acceptors (Lipinski definition) is 4. The van der Waals surface area contributed by atoms with Gasteiger partial charge in [-0.25, -0.2) is 8.42 Å². The van der Waals surface area contributed by atoms with Crippen molar-refractivity contribution in [2.75, 3.05) is 35.4 Å². The minimum atomic E-state index is -3.75. The van der Waals surface area contributed by atoms with Crippen molar-refractivity contribution in [1.29, 1.82) is 0 Å². The molecule has 1 aliphatic heterocycles. The number of anilines is 2. The van der Waals surface area contributed by atoms with E-state index in [-0.39, 0.29) is 13.2 Å². The first kappa shape index (κ1) is 16.8. The third-order valence-electron chi connectivity index (χ3n) is 4.23. The molecule has 3 rings (SSSR count). The fraction of sp³-hybridized carbons (Fsp3) is 0.333. The van der Waals surface area contributed by atoms with Gasteiger partial charge >= 0.3 is 0 Å². The molecule has 0 aliphatic carbocycles. The summed E-state index contributed by atoms with van der Waals surface area (Å²) in [5.74, 6) is 0. The van der Waals surface area contributed by atoms with Crippen molar-refractivity contribution >= 4 is 21.4 Å². The smallest absolute Gasteiger partial charge is 0.266 e. The number of rotatable bonds is 6. The van der Waals surface area contributed by atoms with Crippen LogP contribution in [0.4, 0.5) is 11.4 Å². The molecule has 0 radical (unpaired) electrons. The van der Waals surface area contributed by atoms with Gasteiger partial charge in [0.25, 0.3) is 10.0 Å². The first-order chi connectivity index (χ1) is 11.6. The molecule has 128 valence electrons. The Hall–Kier alpha value is -2.05. The number of sulfonamides is 1. The molecule has 0 aromatic heterocycles. The molecule has 2 aromatic rings. The highest BCUT2D eigenvalue weighted by Gasteiger charge is 2.29. The number of hydrogen-bond donors (Lipinski definition) is 1. The topological polar surface area (TPSA) is 60.9 Å². The van der Waals surface area contributed by atoms with Gasteiger partial charge < -0.3 is 10.0 Å². The summed E-state index contributed by atoms with van der Waals surface area (Å²) < 4.78 is 27.9. The van der Waals surface area contributed by atoms with Crippen molar-refractivity contribution < 1.29 is 13.5 Å². The van der Waals surface area contributed by atoms with Crippen LogP contribution in [0.1, 0.15) is 12.8 Å². The van der Waals surface area contributed by atoms with E-state index in [0.717, 1.165) is 31.6 Å². The van der Waals surface area contributed by atoms with E-state index >= 15 is 0 Å². The van der Waals surface area contributed by atoms with Gasteiger partial charge in [0.05, 0.1) is 24.5 Å². The number of nitrogens with zero attached hydrogens (tertiary/aromatic N) is 2. The molecule has 6 heteroatoms. The fourth-order valence-corrected chi connectivity index (χ4v) is 4.76. The minimum Gasteiger partial charge on any atom is -0.394 e. The maximum Gasteiger partial charge on any atom is 0.266 e. The number of aliphatic hydroxyl groups excluding tert-OH is 1. The van der Waals surface area contributed by atoms with Crippen molar-refractivity contribution in [2.24, 2.45) is 0 Å². The number of para-hydroxylation sites is 2. The van der Waals surface area contributed by atoms with Crippen LogP contribution in [0, 0.1) is 0 Å². The zero-order chi connectivity index (χ0) is 17.0. The zero-order valence-corrected chi connectivity index (χ0v) is 14.3. The molecule has 5 nitrogen and oxygen atoms in total. The molecule has 0 spiro atoms. The Labute approximate surface area is 143 Å². The van der Waals surface area contributed by atoms with Crippen LogP contribution in [0.5, 0.6) is 0 Å². The van der Waals surface area contributed by atoms with Crippen LogP contribution in [0.3, 0.4) is 0 Å². The molecule has 1 fully saturated rings. The summed E-state index contributed by atoms with van der Waals surface area (Å²) in [4.78, 5) is 2.42. The van der Waals surface area contributed by atoms with E-state index in [1.807, 2.05) is 18.2 Å². The molecule has 1 saturated heterocycles. The lowest BCUT2D eigenvalue weighted by Crippen LogP contribution is -2.34. The SMILES string of the molecule is O=S(=O)(c1ccccc1N1CCCC1)N(CCO)c1ccccc1. The summed E-state index contributed by atoms with van der Waals surface area (Å²) in [6, 6.07) is 16.0. The predicted molar refractivity (Wildman–Crippen MR) is 95.9 cm³/mol. The average Bonchev–Trinajstić information content (AvgIpc) is 3.15. The largest absolute Gasteiger partial charge is 0.394 e. The van der Waals surface area contributed by atoms with Crippen molar-refractivity contribution in [3.05, 3.63) is 54.6 Å². The summed E-state index contributed by atoms with van der Waals surface area (Å²) in [6.07, 6.45) is 2.15. The summed E-state index contributed by atoms with van der Waals surface area (Å²) in [6.45, 7) is 1.54. The van der Waals surface area contributed by atoms with Crippen LogP contribution in [0.2, 0.25) is 0 Å². The number of benzene rings is 2. The molecule has 1 N–H and O–H groups in total. The molecule has 1 aliphatic rings.